The fourth-order valence-electron chi connectivity index (χ4n) is 9.44. The number of furan rings is 1. The van der Waals surface area contributed by atoms with E-state index in [-0.39, 0.29) is 0 Å². The first-order chi connectivity index (χ1) is 27.8. The monoisotopic (exact) mass is 713 g/mol. The van der Waals surface area contributed by atoms with Crippen LogP contribution in [-0.4, -0.2) is 15.0 Å². The van der Waals surface area contributed by atoms with Crippen LogP contribution in [0.5, 0.6) is 0 Å². The predicted molar refractivity (Wildman–Crippen MR) is 225 cm³/mol. The fraction of sp³-hybridized carbons (Fsp3) is 0.0192. The van der Waals surface area contributed by atoms with E-state index in [1.165, 1.54) is 38.9 Å². The highest BCUT2D eigenvalue weighted by atomic mass is 16.3. The SMILES string of the molecule is c1ccc(-c2nc(-c3ccccc3)nc(-c3cccc(-c4cc5c(c6oc7ccccc7c46)-c4ccccc4C54c5ccccc5-c5ccccc54)c3)n2)cc1. The summed E-state index contributed by atoms with van der Waals surface area (Å²) in [5.74, 6) is 1.90. The van der Waals surface area contributed by atoms with Crippen LogP contribution in [0.4, 0.5) is 0 Å². The molecule has 0 saturated carbocycles. The van der Waals surface area contributed by atoms with Crippen molar-refractivity contribution in [3.05, 3.63) is 210 Å². The third-order valence-electron chi connectivity index (χ3n) is 11.7. The Morgan fingerprint density at radius 1 is 0.357 bits per heavy atom. The molecule has 0 amide bonds. The molecule has 2 aromatic heterocycles. The second-order valence-corrected chi connectivity index (χ2v) is 14.7. The predicted octanol–water partition coefficient (Wildman–Crippen LogP) is 12.8. The lowest BCUT2D eigenvalue weighted by molar-refractivity contribution is 0.669. The van der Waals surface area contributed by atoms with Crippen LogP contribution < -0.4 is 0 Å². The molecule has 0 aliphatic heterocycles. The van der Waals surface area contributed by atoms with Gasteiger partial charge in [-0.1, -0.05) is 170 Å². The molecule has 0 saturated heterocycles. The van der Waals surface area contributed by atoms with Crippen molar-refractivity contribution in [2.24, 2.45) is 0 Å². The molecule has 0 atom stereocenters. The minimum absolute atomic E-state index is 0.512. The van der Waals surface area contributed by atoms with Gasteiger partial charge in [0.15, 0.2) is 17.5 Å². The summed E-state index contributed by atoms with van der Waals surface area (Å²) in [5.41, 5.74) is 16.3. The van der Waals surface area contributed by atoms with E-state index in [0.717, 1.165) is 55.3 Å². The van der Waals surface area contributed by atoms with Gasteiger partial charge in [0.2, 0.25) is 0 Å². The highest BCUT2D eigenvalue weighted by Crippen LogP contribution is 2.64. The van der Waals surface area contributed by atoms with Gasteiger partial charge in [-0.3, -0.25) is 0 Å². The van der Waals surface area contributed by atoms with E-state index in [9.17, 15) is 0 Å². The molecule has 1 spiro atoms. The van der Waals surface area contributed by atoms with E-state index in [1.54, 1.807) is 0 Å². The molecule has 0 bridgehead atoms. The van der Waals surface area contributed by atoms with Gasteiger partial charge in [-0.15, -0.1) is 0 Å². The summed E-state index contributed by atoms with van der Waals surface area (Å²) in [6.07, 6.45) is 0. The topological polar surface area (TPSA) is 51.8 Å². The molecule has 12 rings (SSSR count). The van der Waals surface area contributed by atoms with Crippen LogP contribution in [-0.2, 0) is 5.41 Å². The van der Waals surface area contributed by atoms with Gasteiger partial charge < -0.3 is 4.42 Å². The number of aromatic nitrogens is 3. The van der Waals surface area contributed by atoms with Gasteiger partial charge in [0.1, 0.15) is 11.2 Å². The molecular weight excluding hydrogens is 683 g/mol. The summed E-state index contributed by atoms with van der Waals surface area (Å²) in [6.45, 7) is 0. The average molecular weight is 714 g/mol. The van der Waals surface area contributed by atoms with Crippen molar-refractivity contribution < 1.29 is 4.42 Å². The molecule has 56 heavy (non-hydrogen) atoms. The Kier molecular flexibility index (Phi) is 6.52. The molecule has 2 heterocycles. The normalized spacial score (nSPS) is 13.1. The Balaban J connectivity index is 1.15. The maximum absolute atomic E-state index is 7.00. The summed E-state index contributed by atoms with van der Waals surface area (Å²) >= 11 is 0. The van der Waals surface area contributed by atoms with Gasteiger partial charge in [-0.25, -0.2) is 15.0 Å². The molecule has 2 aliphatic carbocycles. The number of benzene rings is 8. The Bertz CT molecular complexity index is 3100. The first kappa shape index (κ1) is 31.0. The van der Waals surface area contributed by atoms with Gasteiger partial charge in [-0.05, 0) is 68.3 Å². The average Bonchev–Trinajstić information content (AvgIpc) is 3.91. The molecule has 4 heteroatoms. The number of rotatable bonds is 4. The molecule has 260 valence electrons. The van der Waals surface area contributed by atoms with Gasteiger partial charge in [0.05, 0.1) is 5.41 Å². The Hall–Kier alpha value is -7.43. The van der Waals surface area contributed by atoms with Gasteiger partial charge in [-0.2, -0.15) is 0 Å². The molecule has 0 N–H and O–H groups in total. The van der Waals surface area contributed by atoms with Crippen molar-refractivity contribution in [3.8, 4) is 67.5 Å². The zero-order chi connectivity index (χ0) is 36.8. The lowest BCUT2D eigenvalue weighted by atomic mass is 9.70. The molecule has 0 unspecified atom stereocenters. The lowest BCUT2D eigenvalue weighted by Gasteiger charge is -2.30. The summed E-state index contributed by atoms with van der Waals surface area (Å²) in [6, 6.07) is 66.6. The number of hydrogen-bond acceptors (Lipinski definition) is 4. The summed E-state index contributed by atoms with van der Waals surface area (Å²) in [4.78, 5) is 15.1. The molecule has 10 aromatic rings. The molecule has 2 aliphatic rings. The van der Waals surface area contributed by atoms with E-state index in [4.69, 9.17) is 19.4 Å². The highest BCUT2D eigenvalue weighted by molar-refractivity contribution is 6.19. The maximum atomic E-state index is 7.00. The zero-order valence-electron chi connectivity index (χ0n) is 30.1. The first-order valence-electron chi connectivity index (χ1n) is 19.0. The summed E-state index contributed by atoms with van der Waals surface area (Å²) in [7, 11) is 0. The standard InChI is InChI=1S/C52H31N3O/c1-3-16-32(17-4-1)49-53-50(33-18-5-2-6-19-33)55-51(54-49)35-21-15-20-34(30-35)40-31-44-47(48-46(40)39-25-10-14-29-45(39)56-48)38-24-9-13-28-43(38)52(44)41-26-11-7-22-36(41)37-23-8-12-27-42(37)52/h1-31H. The number of para-hydroxylation sites is 1. The van der Waals surface area contributed by atoms with E-state index in [1.807, 2.05) is 60.7 Å². The van der Waals surface area contributed by atoms with Crippen LogP contribution in [0.2, 0.25) is 0 Å². The van der Waals surface area contributed by atoms with E-state index >= 15 is 0 Å². The minimum atomic E-state index is -0.512. The molecule has 8 aromatic carbocycles. The smallest absolute Gasteiger partial charge is 0.164 e. The molecule has 0 radical (unpaired) electrons. The third-order valence-corrected chi connectivity index (χ3v) is 11.7. The van der Waals surface area contributed by atoms with Crippen molar-refractivity contribution >= 4 is 21.9 Å². The third kappa shape index (κ3) is 4.27. The van der Waals surface area contributed by atoms with Crippen LogP contribution in [0.15, 0.2) is 192 Å². The second-order valence-electron chi connectivity index (χ2n) is 14.7. The van der Waals surface area contributed by atoms with Crippen LogP contribution >= 0.6 is 0 Å². The Labute approximate surface area is 323 Å². The van der Waals surface area contributed by atoms with Crippen LogP contribution in [0.25, 0.3) is 89.5 Å². The summed E-state index contributed by atoms with van der Waals surface area (Å²) in [5, 5.41) is 2.20. The van der Waals surface area contributed by atoms with E-state index in [2.05, 4.69) is 127 Å². The van der Waals surface area contributed by atoms with Gasteiger partial charge in [0.25, 0.3) is 0 Å². The molecule has 0 fully saturated rings. The van der Waals surface area contributed by atoms with Crippen molar-refractivity contribution in [1.29, 1.82) is 0 Å². The minimum Gasteiger partial charge on any atom is -0.455 e. The highest BCUT2D eigenvalue weighted by Gasteiger charge is 2.52. The zero-order valence-corrected chi connectivity index (χ0v) is 30.1. The fourth-order valence-corrected chi connectivity index (χ4v) is 9.44. The molecule has 4 nitrogen and oxygen atoms in total. The van der Waals surface area contributed by atoms with Crippen molar-refractivity contribution in [2.45, 2.75) is 5.41 Å². The quantitative estimate of drug-likeness (QED) is 0.182. The van der Waals surface area contributed by atoms with E-state index < -0.39 is 5.41 Å². The Morgan fingerprint density at radius 3 is 1.48 bits per heavy atom. The second kappa shape index (κ2) is 11.8. The van der Waals surface area contributed by atoms with Gasteiger partial charge in [0, 0.05) is 33.0 Å². The maximum Gasteiger partial charge on any atom is 0.164 e. The van der Waals surface area contributed by atoms with Crippen LogP contribution in [0, 0.1) is 0 Å². The summed E-state index contributed by atoms with van der Waals surface area (Å²) < 4.78 is 7.00. The number of hydrogen-bond donors (Lipinski definition) is 0. The van der Waals surface area contributed by atoms with Crippen molar-refractivity contribution in [3.63, 3.8) is 0 Å². The first-order valence-corrected chi connectivity index (χ1v) is 19.0. The van der Waals surface area contributed by atoms with Crippen molar-refractivity contribution in [2.75, 3.05) is 0 Å². The van der Waals surface area contributed by atoms with Crippen LogP contribution in [0.1, 0.15) is 22.3 Å². The lowest BCUT2D eigenvalue weighted by Crippen LogP contribution is -2.25. The molecular formula is C52H31N3O. The Morgan fingerprint density at radius 2 is 0.839 bits per heavy atom. The van der Waals surface area contributed by atoms with Crippen LogP contribution in [0.3, 0.4) is 0 Å². The van der Waals surface area contributed by atoms with Gasteiger partial charge >= 0.3 is 0 Å². The van der Waals surface area contributed by atoms with E-state index in [0.29, 0.717) is 17.5 Å². The number of fused-ring (bicyclic) bond motifs is 14. The van der Waals surface area contributed by atoms with Crippen molar-refractivity contribution in [1.82, 2.24) is 15.0 Å². The number of nitrogens with zero attached hydrogens (tertiary/aromatic N) is 3. The largest absolute Gasteiger partial charge is 0.455 e.